The van der Waals surface area contributed by atoms with Crippen molar-refractivity contribution in [3.8, 4) is 0 Å². The van der Waals surface area contributed by atoms with Gasteiger partial charge in [-0.05, 0) is 23.6 Å². The van der Waals surface area contributed by atoms with E-state index in [0.717, 1.165) is 5.56 Å². The van der Waals surface area contributed by atoms with Crippen LogP contribution >= 0.6 is 0 Å². The molecule has 1 aromatic rings. The van der Waals surface area contributed by atoms with Crippen molar-refractivity contribution >= 4 is 11.9 Å². The van der Waals surface area contributed by atoms with Gasteiger partial charge in [0, 0.05) is 6.42 Å². The first-order valence-corrected chi connectivity index (χ1v) is 5.88. The van der Waals surface area contributed by atoms with Crippen LogP contribution < -0.4 is 0 Å². The molecule has 100 valence electrons. The molecule has 0 spiro atoms. The molecule has 1 aliphatic rings. The van der Waals surface area contributed by atoms with Crippen LogP contribution in [0.25, 0.3) is 0 Å². The van der Waals surface area contributed by atoms with Crippen LogP contribution in [0.15, 0.2) is 24.8 Å². The van der Waals surface area contributed by atoms with Gasteiger partial charge in [-0.15, -0.1) is 6.58 Å². The van der Waals surface area contributed by atoms with Gasteiger partial charge in [-0.1, -0.05) is 12.1 Å². The molecular weight excluding hydrogens is 248 g/mol. The predicted octanol–water partition coefficient (Wildman–Crippen LogP) is 1.75. The summed E-state index contributed by atoms with van der Waals surface area (Å²) < 4.78 is 5.13. The Bertz CT molecular complexity index is 543. The van der Waals surface area contributed by atoms with Crippen molar-refractivity contribution in [3.63, 3.8) is 0 Å². The molecule has 0 amide bonds. The highest BCUT2D eigenvalue weighted by Crippen LogP contribution is 2.25. The minimum Gasteiger partial charge on any atom is -0.478 e. The van der Waals surface area contributed by atoms with E-state index >= 15 is 0 Å². The van der Waals surface area contributed by atoms with E-state index in [1.54, 1.807) is 12.1 Å². The zero-order valence-electron chi connectivity index (χ0n) is 10.3. The van der Waals surface area contributed by atoms with Gasteiger partial charge in [0.25, 0.3) is 0 Å². The number of hydrogen-bond donors (Lipinski definition) is 2. The molecule has 5 heteroatoms. The van der Waals surface area contributed by atoms with Crippen LogP contribution in [0.5, 0.6) is 0 Å². The maximum atomic E-state index is 11.3. The Balaban J connectivity index is 2.55. The molecule has 2 N–H and O–H groups in total. The summed E-state index contributed by atoms with van der Waals surface area (Å²) >= 11 is 0. The van der Waals surface area contributed by atoms with Gasteiger partial charge in [0.1, 0.15) is 0 Å². The number of allylic oxidation sites excluding steroid dienone is 1. The smallest absolute Gasteiger partial charge is 0.336 e. The number of carboxylic acids is 2. The van der Waals surface area contributed by atoms with Crippen molar-refractivity contribution in [2.45, 2.75) is 18.9 Å². The van der Waals surface area contributed by atoms with Crippen LogP contribution in [0.1, 0.15) is 31.8 Å². The standard InChI is InChI=1S/C14H14O5/c1-2-3-10-8(6-9-7-19-9)4-5-11(13(15)16)12(10)14(17)18/h2,4-5,9H,1,3,6-7H2,(H,15,16)(H,17,18). The molecule has 0 bridgehead atoms. The van der Waals surface area contributed by atoms with Crippen molar-refractivity contribution in [2.24, 2.45) is 0 Å². The first-order valence-electron chi connectivity index (χ1n) is 5.88. The predicted molar refractivity (Wildman–Crippen MR) is 67.7 cm³/mol. The molecular formula is C14H14O5. The molecule has 1 atom stereocenters. The lowest BCUT2D eigenvalue weighted by atomic mass is 9.91. The molecule has 0 aromatic heterocycles. The number of aromatic carboxylic acids is 2. The molecule has 1 aliphatic heterocycles. The average Bonchev–Trinajstić information content (AvgIpc) is 3.14. The molecule has 0 saturated carbocycles. The third-order valence-electron chi connectivity index (χ3n) is 3.05. The summed E-state index contributed by atoms with van der Waals surface area (Å²) in [6, 6.07) is 3.01. The van der Waals surface area contributed by atoms with E-state index < -0.39 is 11.9 Å². The second-order valence-corrected chi connectivity index (χ2v) is 4.39. The lowest BCUT2D eigenvalue weighted by Gasteiger charge is -2.13. The fourth-order valence-corrected chi connectivity index (χ4v) is 2.11. The third kappa shape index (κ3) is 2.82. The van der Waals surface area contributed by atoms with Gasteiger partial charge >= 0.3 is 11.9 Å². The quantitative estimate of drug-likeness (QED) is 0.602. The first kappa shape index (κ1) is 13.3. The summed E-state index contributed by atoms with van der Waals surface area (Å²) in [6.45, 7) is 4.26. The monoisotopic (exact) mass is 262 g/mol. The Morgan fingerprint density at radius 1 is 1.37 bits per heavy atom. The zero-order valence-corrected chi connectivity index (χ0v) is 10.3. The second-order valence-electron chi connectivity index (χ2n) is 4.39. The molecule has 1 unspecified atom stereocenters. The summed E-state index contributed by atoms with van der Waals surface area (Å²) in [5, 5.41) is 18.3. The fraction of sp³-hybridized carbons (Fsp3) is 0.286. The number of hydrogen-bond acceptors (Lipinski definition) is 3. The zero-order chi connectivity index (χ0) is 14.0. The van der Waals surface area contributed by atoms with Crippen LogP contribution in [0.3, 0.4) is 0 Å². The summed E-state index contributed by atoms with van der Waals surface area (Å²) in [5.41, 5.74) is 0.984. The van der Waals surface area contributed by atoms with Crippen LogP contribution in [0, 0.1) is 0 Å². The molecule has 5 nitrogen and oxygen atoms in total. The van der Waals surface area contributed by atoms with Crippen molar-refractivity contribution in [2.75, 3.05) is 6.61 Å². The summed E-state index contributed by atoms with van der Waals surface area (Å²) in [7, 11) is 0. The molecule has 1 heterocycles. The van der Waals surface area contributed by atoms with Gasteiger partial charge in [-0.25, -0.2) is 9.59 Å². The highest BCUT2D eigenvalue weighted by molar-refractivity contribution is 6.03. The number of carboxylic acid groups (broad SMARTS) is 2. The Morgan fingerprint density at radius 3 is 2.53 bits per heavy atom. The summed E-state index contributed by atoms with van der Waals surface area (Å²) in [5.74, 6) is -2.47. The van der Waals surface area contributed by atoms with E-state index in [1.165, 1.54) is 6.07 Å². The van der Waals surface area contributed by atoms with Crippen molar-refractivity contribution < 1.29 is 24.5 Å². The van der Waals surface area contributed by atoms with Crippen molar-refractivity contribution in [1.82, 2.24) is 0 Å². The summed E-state index contributed by atoms with van der Waals surface area (Å²) in [6.07, 6.45) is 2.61. The molecule has 1 saturated heterocycles. The summed E-state index contributed by atoms with van der Waals surface area (Å²) in [4.78, 5) is 22.5. The number of epoxide rings is 1. The first-order chi connectivity index (χ1) is 9.04. The SMILES string of the molecule is C=CCc1c(CC2CO2)ccc(C(=O)O)c1C(=O)O. The van der Waals surface area contributed by atoms with Crippen LogP contribution in [-0.4, -0.2) is 34.9 Å². The Morgan fingerprint density at radius 2 is 2.05 bits per heavy atom. The maximum absolute atomic E-state index is 11.3. The molecule has 1 aromatic carbocycles. The van der Waals surface area contributed by atoms with Gasteiger partial charge in [-0.3, -0.25) is 0 Å². The fourth-order valence-electron chi connectivity index (χ4n) is 2.11. The highest BCUT2D eigenvalue weighted by atomic mass is 16.6. The number of rotatable bonds is 6. The van der Waals surface area contributed by atoms with Gasteiger partial charge in [0.2, 0.25) is 0 Å². The Kier molecular flexibility index (Phi) is 3.66. The van der Waals surface area contributed by atoms with E-state index in [0.29, 0.717) is 25.0 Å². The van der Waals surface area contributed by atoms with Gasteiger partial charge < -0.3 is 14.9 Å². The lowest BCUT2D eigenvalue weighted by molar-refractivity contribution is 0.0650. The van der Waals surface area contributed by atoms with Gasteiger partial charge in [0.15, 0.2) is 0 Å². The average molecular weight is 262 g/mol. The molecule has 19 heavy (non-hydrogen) atoms. The van der Waals surface area contributed by atoms with Crippen LogP contribution in [-0.2, 0) is 17.6 Å². The van der Waals surface area contributed by atoms with E-state index in [-0.39, 0.29) is 17.2 Å². The van der Waals surface area contributed by atoms with Gasteiger partial charge in [0.05, 0.1) is 23.8 Å². The van der Waals surface area contributed by atoms with E-state index in [9.17, 15) is 14.7 Å². The lowest BCUT2D eigenvalue weighted by Crippen LogP contribution is -2.14. The van der Waals surface area contributed by atoms with E-state index in [2.05, 4.69) is 6.58 Å². The number of carbonyl (C=O) groups is 2. The molecule has 2 rings (SSSR count). The largest absolute Gasteiger partial charge is 0.478 e. The van der Waals surface area contributed by atoms with Crippen LogP contribution in [0.4, 0.5) is 0 Å². The minimum absolute atomic E-state index is 0.112. The topological polar surface area (TPSA) is 87.1 Å². The molecule has 0 aliphatic carbocycles. The van der Waals surface area contributed by atoms with Gasteiger partial charge in [-0.2, -0.15) is 0 Å². The minimum atomic E-state index is -1.24. The van der Waals surface area contributed by atoms with Crippen molar-refractivity contribution in [3.05, 3.63) is 47.0 Å². The normalized spacial score (nSPS) is 16.9. The van der Waals surface area contributed by atoms with Crippen LogP contribution in [0.2, 0.25) is 0 Å². The van der Waals surface area contributed by atoms with E-state index in [1.807, 2.05) is 0 Å². The van der Waals surface area contributed by atoms with Crippen molar-refractivity contribution in [1.29, 1.82) is 0 Å². The maximum Gasteiger partial charge on any atom is 0.336 e. The number of ether oxygens (including phenoxy) is 1. The second kappa shape index (κ2) is 5.24. The highest BCUT2D eigenvalue weighted by Gasteiger charge is 2.27. The molecule has 0 radical (unpaired) electrons. The number of benzene rings is 1. The Labute approximate surface area is 110 Å². The third-order valence-corrected chi connectivity index (χ3v) is 3.05. The van der Waals surface area contributed by atoms with E-state index in [4.69, 9.17) is 9.84 Å². The Hall–Kier alpha value is -2.14. The molecule has 1 fully saturated rings.